The Labute approximate surface area is 142 Å². The van der Waals surface area contributed by atoms with Crippen LogP contribution >= 0.6 is 38.9 Å². The summed E-state index contributed by atoms with van der Waals surface area (Å²) in [7, 11) is 3.74. The van der Waals surface area contributed by atoms with E-state index in [1.54, 1.807) is 18.4 Å². The summed E-state index contributed by atoms with van der Waals surface area (Å²) < 4.78 is 7.16. The van der Waals surface area contributed by atoms with Crippen LogP contribution in [0.1, 0.15) is 16.5 Å². The number of nitrogens with two attached hydrogens (primary N) is 1. The van der Waals surface area contributed by atoms with Gasteiger partial charge in [0.1, 0.15) is 5.75 Å². The van der Waals surface area contributed by atoms with Crippen LogP contribution in [0.4, 0.5) is 0 Å². The third-order valence-electron chi connectivity index (χ3n) is 3.35. The van der Waals surface area contributed by atoms with Crippen molar-refractivity contribution in [2.24, 2.45) is 5.73 Å². The number of nitrogens with zero attached hydrogens (tertiary/aromatic N) is 1. The number of ether oxygens (including phenoxy) is 1. The molecule has 0 amide bonds. The second-order valence-electron chi connectivity index (χ2n) is 4.76. The number of hydrogen-bond acceptors (Lipinski definition) is 4. The molecular formula is C15H18BrClN2OS. The molecule has 0 saturated heterocycles. The van der Waals surface area contributed by atoms with Gasteiger partial charge in [0.15, 0.2) is 0 Å². The fourth-order valence-corrected chi connectivity index (χ4v) is 3.90. The minimum atomic E-state index is 0.107. The third-order valence-corrected chi connectivity index (χ3v) is 5.29. The second-order valence-corrected chi connectivity index (χ2v) is 7.41. The van der Waals surface area contributed by atoms with E-state index >= 15 is 0 Å². The highest BCUT2D eigenvalue weighted by Crippen LogP contribution is 2.32. The average molecular weight is 390 g/mol. The molecule has 6 heteroatoms. The predicted octanol–water partition coefficient (Wildman–Crippen LogP) is 4.30. The molecule has 21 heavy (non-hydrogen) atoms. The molecular weight excluding hydrogens is 372 g/mol. The number of thiophene rings is 1. The van der Waals surface area contributed by atoms with E-state index in [4.69, 9.17) is 22.1 Å². The minimum absolute atomic E-state index is 0.107. The van der Waals surface area contributed by atoms with Crippen LogP contribution in [0.3, 0.4) is 0 Å². The smallest absolute Gasteiger partial charge is 0.119 e. The zero-order valence-electron chi connectivity index (χ0n) is 12.0. The molecule has 2 N–H and O–H groups in total. The van der Waals surface area contributed by atoms with Crippen molar-refractivity contribution in [2.45, 2.75) is 12.6 Å². The zero-order valence-corrected chi connectivity index (χ0v) is 15.1. The highest BCUT2D eigenvalue weighted by Gasteiger charge is 2.19. The molecule has 0 aliphatic carbocycles. The predicted molar refractivity (Wildman–Crippen MR) is 93.3 cm³/mol. The Kier molecular flexibility index (Phi) is 6.08. The van der Waals surface area contributed by atoms with Crippen molar-refractivity contribution in [3.05, 3.63) is 49.6 Å². The van der Waals surface area contributed by atoms with Crippen LogP contribution < -0.4 is 10.5 Å². The molecule has 1 unspecified atom stereocenters. The molecule has 1 aromatic carbocycles. The van der Waals surface area contributed by atoms with Gasteiger partial charge >= 0.3 is 0 Å². The largest absolute Gasteiger partial charge is 0.497 e. The first-order chi connectivity index (χ1) is 10.0. The standard InChI is InChI=1S/C15H18BrClN2OS/c1-19(9-11-4-6-15(17)21-11)14(8-18)12-7-10(20-2)3-5-13(12)16/h3-7,14H,8-9,18H2,1-2H3. The van der Waals surface area contributed by atoms with Crippen LogP contribution in [0.25, 0.3) is 0 Å². The summed E-state index contributed by atoms with van der Waals surface area (Å²) in [5.41, 5.74) is 7.13. The van der Waals surface area contributed by atoms with E-state index < -0.39 is 0 Å². The Hall–Kier alpha value is -0.590. The molecule has 3 nitrogen and oxygen atoms in total. The molecule has 0 aliphatic heterocycles. The summed E-state index contributed by atoms with van der Waals surface area (Å²) in [4.78, 5) is 3.45. The average Bonchev–Trinajstić information content (AvgIpc) is 2.87. The van der Waals surface area contributed by atoms with Crippen LogP contribution in [-0.2, 0) is 6.54 Å². The van der Waals surface area contributed by atoms with Gasteiger partial charge in [-0.15, -0.1) is 11.3 Å². The quantitative estimate of drug-likeness (QED) is 0.800. The minimum Gasteiger partial charge on any atom is -0.497 e. The molecule has 0 saturated carbocycles. The lowest BCUT2D eigenvalue weighted by Gasteiger charge is -2.28. The number of benzene rings is 1. The van der Waals surface area contributed by atoms with Crippen molar-refractivity contribution < 1.29 is 4.74 Å². The first-order valence-corrected chi connectivity index (χ1v) is 8.52. The molecule has 2 rings (SSSR count). The molecule has 2 aromatic rings. The molecule has 0 aliphatic rings. The van der Waals surface area contributed by atoms with E-state index in [1.165, 1.54) is 4.88 Å². The van der Waals surface area contributed by atoms with E-state index in [1.807, 2.05) is 24.3 Å². The normalized spacial score (nSPS) is 12.7. The lowest BCUT2D eigenvalue weighted by molar-refractivity contribution is 0.242. The van der Waals surface area contributed by atoms with Gasteiger partial charge in [0.25, 0.3) is 0 Å². The number of rotatable bonds is 6. The van der Waals surface area contributed by atoms with Crippen molar-refractivity contribution >= 4 is 38.9 Å². The van der Waals surface area contributed by atoms with Crippen LogP contribution in [0.15, 0.2) is 34.8 Å². The second kappa shape index (κ2) is 7.61. The van der Waals surface area contributed by atoms with E-state index in [2.05, 4.69) is 33.9 Å². The Morgan fingerprint density at radius 3 is 2.71 bits per heavy atom. The molecule has 1 atom stereocenters. The molecule has 0 radical (unpaired) electrons. The van der Waals surface area contributed by atoms with E-state index in [0.717, 1.165) is 26.7 Å². The maximum absolute atomic E-state index is 6.00. The van der Waals surface area contributed by atoms with E-state index in [-0.39, 0.29) is 6.04 Å². The molecule has 0 spiro atoms. The fraction of sp³-hybridized carbons (Fsp3) is 0.333. The monoisotopic (exact) mass is 388 g/mol. The fourth-order valence-electron chi connectivity index (χ4n) is 2.24. The number of methoxy groups -OCH3 is 1. The Balaban J connectivity index is 2.22. The highest BCUT2D eigenvalue weighted by molar-refractivity contribution is 9.10. The number of halogens is 2. The van der Waals surface area contributed by atoms with Crippen LogP contribution in [0.2, 0.25) is 4.34 Å². The van der Waals surface area contributed by atoms with Gasteiger partial charge in [-0.05, 0) is 42.9 Å². The summed E-state index contributed by atoms with van der Waals surface area (Å²) >= 11 is 11.2. The molecule has 114 valence electrons. The van der Waals surface area contributed by atoms with Gasteiger partial charge in [-0.3, -0.25) is 4.90 Å². The van der Waals surface area contributed by atoms with Gasteiger partial charge in [0.05, 0.1) is 11.4 Å². The van der Waals surface area contributed by atoms with Gasteiger partial charge < -0.3 is 10.5 Å². The van der Waals surface area contributed by atoms with Crippen molar-refractivity contribution in [1.29, 1.82) is 0 Å². The molecule has 1 heterocycles. The summed E-state index contributed by atoms with van der Waals surface area (Å²) in [5, 5.41) is 0. The maximum Gasteiger partial charge on any atom is 0.119 e. The first kappa shape index (κ1) is 16.8. The van der Waals surface area contributed by atoms with Gasteiger partial charge in [0, 0.05) is 28.5 Å². The maximum atomic E-state index is 6.00. The van der Waals surface area contributed by atoms with Crippen molar-refractivity contribution in [3.8, 4) is 5.75 Å². The van der Waals surface area contributed by atoms with E-state index in [9.17, 15) is 0 Å². The number of likely N-dealkylation sites (N-methyl/N-ethyl adjacent to an activating group) is 1. The zero-order chi connectivity index (χ0) is 15.4. The van der Waals surface area contributed by atoms with Gasteiger partial charge in [-0.25, -0.2) is 0 Å². The van der Waals surface area contributed by atoms with Crippen LogP contribution in [0.5, 0.6) is 5.75 Å². The van der Waals surface area contributed by atoms with Gasteiger partial charge in [-0.2, -0.15) is 0 Å². The Bertz CT molecular complexity index is 605. The topological polar surface area (TPSA) is 38.5 Å². The van der Waals surface area contributed by atoms with Crippen LogP contribution in [0, 0.1) is 0 Å². The van der Waals surface area contributed by atoms with E-state index in [0.29, 0.717) is 6.54 Å². The molecule has 0 bridgehead atoms. The summed E-state index contributed by atoms with van der Waals surface area (Å²) in [5.74, 6) is 0.833. The lowest BCUT2D eigenvalue weighted by atomic mass is 10.1. The lowest BCUT2D eigenvalue weighted by Crippen LogP contribution is -2.30. The van der Waals surface area contributed by atoms with Crippen LogP contribution in [-0.4, -0.2) is 25.6 Å². The summed E-state index contributed by atoms with van der Waals surface area (Å²) in [6, 6.07) is 10.0. The number of hydrogen-bond donors (Lipinski definition) is 1. The Morgan fingerprint density at radius 2 is 2.14 bits per heavy atom. The molecule has 0 fully saturated rings. The molecule has 1 aromatic heterocycles. The van der Waals surface area contributed by atoms with Gasteiger partial charge in [0.2, 0.25) is 0 Å². The van der Waals surface area contributed by atoms with Crippen molar-refractivity contribution in [2.75, 3.05) is 20.7 Å². The highest BCUT2D eigenvalue weighted by atomic mass is 79.9. The van der Waals surface area contributed by atoms with Crippen molar-refractivity contribution in [3.63, 3.8) is 0 Å². The van der Waals surface area contributed by atoms with Gasteiger partial charge in [-0.1, -0.05) is 27.5 Å². The first-order valence-electron chi connectivity index (χ1n) is 6.53. The third kappa shape index (κ3) is 4.20. The van der Waals surface area contributed by atoms with Crippen molar-refractivity contribution in [1.82, 2.24) is 4.90 Å². The SMILES string of the molecule is COc1ccc(Br)c(C(CN)N(C)Cc2ccc(Cl)s2)c1. The Morgan fingerprint density at radius 1 is 1.38 bits per heavy atom. The summed E-state index contributed by atoms with van der Waals surface area (Å²) in [6.45, 7) is 1.34. The summed E-state index contributed by atoms with van der Waals surface area (Å²) in [6.07, 6.45) is 0.